The molecule has 0 aliphatic rings. The molecule has 0 aromatic heterocycles. The molecule has 1 aromatic rings. The molecule has 0 aliphatic heterocycles. The van der Waals surface area contributed by atoms with Gasteiger partial charge in [0.05, 0.1) is 0 Å². The Balaban J connectivity index is 3.47. The zero-order valence-corrected chi connectivity index (χ0v) is 11.9. The van der Waals surface area contributed by atoms with Crippen LogP contribution in [0.25, 0.3) is 0 Å². The summed E-state index contributed by atoms with van der Waals surface area (Å²) in [4.78, 5) is 0. The second-order valence-corrected chi connectivity index (χ2v) is 4.87. The van der Waals surface area contributed by atoms with Gasteiger partial charge in [0.1, 0.15) is 0 Å². The van der Waals surface area contributed by atoms with Crippen molar-refractivity contribution in [1.29, 1.82) is 0 Å². The summed E-state index contributed by atoms with van der Waals surface area (Å²) in [5, 5.41) is 0. The zero-order valence-electron chi connectivity index (χ0n) is 9.17. The molecular formula is C7H8O9S3. The van der Waals surface area contributed by atoms with Crippen LogP contribution < -0.4 is 12.5 Å². The van der Waals surface area contributed by atoms with Gasteiger partial charge in [-0.25, -0.2) is 0 Å². The fraction of sp³-hybridized carbons (Fsp3) is 0.143. The van der Waals surface area contributed by atoms with Gasteiger partial charge in [-0.3, -0.25) is 0 Å². The second kappa shape index (κ2) is 6.58. The fourth-order valence-corrected chi connectivity index (χ4v) is 2.15. The Morgan fingerprint density at radius 2 is 1.21 bits per heavy atom. The van der Waals surface area contributed by atoms with Crippen molar-refractivity contribution >= 4 is 33.0 Å². The van der Waals surface area contributed by atoms with Gasteiger partial charge < -0.3 is 12.5 Å². The number of hydrogen-bond donors (Lipinski definition) is 3. The fourth-order valence-electron chi connectivity index (χ4n) is 1.14. The normalized spacial score (nSPS) is 10.9. The largest absolute Gasteiger partial charge is 0.380 e. The van der Waals surface area contributed by atoms with E-state index in [1.54, 1.807) is 0 Å². The van der Waals surface area contributed by atoms with E-state index in [1.165, 1.54) is 13.0 Å². The van der Waals surface area contributed by atoms with Crippen LogP contribution in [-0.4, -0.2) is 25.3 Å². The van der Waals surface area contributed by atoms with Crippen molar-refractivity contribution in [2.24, 2.45) is 0 Å². The minimum Gasteiger partial charge on any atom is -0.380 e. The molecule has 0 amide bonds. The lowest BCUT2D eigenvalue weighted by molar-refractivity contribution is 0.448. The summed E-state index contributed by atoms with van der Waals surface area (Å²) in [6.45, 7) is 1.40. The lowest BCUT2D eigenvalue weighted by Crippen LogP contribution is -2.02. The average Bonchev–Trinajstić information content (AvgIpc) is 2.25. The van der Waals surface area contributed by atoms with Crippen molar-refractivity contribution in [3.8, 4) is 17.2 Å². The molecule has 0 bridgehead atoms. The van der Waals surface area contributed by atoms with Gasteiger partial charge in [0.15, 0.2) is 11.5 Å². The molecule has 1 aromatic carbocycles. The molecule has 0 saturated heterocycles. The van der Waals surface area contributed by atoms with Crippen LogP contribution in [0.3, 0.4) is 0 Å². The van der Waals surface area contributed by atoms with Gasteiger partial charge in [0.2, 0.25) is 5.75 Å². The van der Waals surface area contributed by atoms with E-state index < -0.39 is 50.2 Å². The van der Waals surface area contributed by atoms with E-state index in [2.05, 4.69) is 12.5 Å². The Kier molecular flexibility index (Phi) is 5.38. The number of thiol groups is 3. The van der Waals surface area contributed by atoms with Crippen LogP contribution in [0.5, 0.6) is 17.2 Å². The molecule has 0 atom stereocenters. The number of aryl methyl sites for hydroxylation is 1. The standard InChI is InChI=1S/C7H8O9S3/c1-4-2-3-5(14-17(8)9)7(16-19(12)13)6(4)15-18(10)11/h2-3,17-19H,1H3. The molecule has 108 valence electrons. The van der Waals surface area contributed by atoms with Crippen molar-refractivity contribution in [1.82, 2.24) is 0 Å². The molecule has 19 heavy (non-hydrogen) atoms. The van der Waals surface area contributed by atoms with Crippen LogP contribution in [0.2, 0.25) is 0 Å². The molecular weight excluding hydrogens is 324 g/mol. The van der Waals surface area contributed by atoms with E-state index >= 15 is 0 Å². The highest BCUT2D eigenvalue weighted by atomic mass is 32.2. The van der Waals surface area contributed by atoms with Gasteiger partial charge in [-0.05, 0) is 18.6 Å². The average molecular weight is 332 g/mol. The molecule has 0 unspecified atom stereocenters. The molecule has 12 heteroatoms. The molecule has 0 fully saturated rings. The van der Waals surface area contributed by atoms with Crippen LogP contribution in [0.1, 0.15) is 5.56 Å². The SMILES string of the molecule is Cc1ccc(O[SH](=O)=O)c(O[SH](=O)=O)c1O[SH](=O)=O. The minimum absolute atomic E-state index is 0.208. The summed E-state index contributed by atoms with van der Waals surface area (Å²) in [6.07, 6.45) is 0. The van der Waals surface area contributed by atoms with E-state index in [9.17, 15) is 25.3 Å². The van der Waals surface area contributed by atoms with E-state index in [-0.39, 0.29) is 5.56 Å². The van der Waals surface area contributed by atoms with Crippen molar-refractivity contribution in [2.75, 3.05) is 0 Å². The summed E-state index contributed by atoms with van der Waals surface area (Å²) in [5.74, 6) is -1.63. The summed E-state index contributed by atoms with van der Waals surface area (Å²) in [5.41, 5.74) is 0.208. The first-order valence-electron chi connectivity index (χ1n) is 4.42. The van der Waals surface area contributed by atoms with Crippen molar-refractivity contribution in [2.45, 2.75) is 6.92 Å². The van der Waals surface area contributed by atoms with Gasteiger partial charge in [-0.1, -0.05) is 6.07 Å². The highest BCUT2D eigenvalue weighted by Crippen LogP contribution is 2.40. The van der Waals surface area contributed by atoms with Gasteiger partial charge in [-0.15, -0.1) is 0 Å². The summed E-state index contributed by atoms with van der Waals surface area (Å²) in [7, 11) is -10.1. The molecule has 0 aliphatic carbocycles. The predicted octanol–water partition coefficient (Wildman–Crippen LogP) is -1.29. The molecule has 0 saturated carbocycles. The third kappa shape index (κ3) is 4.57. The van der Waals surface area contributed by atoms with Crippen molar-refractivity contribution in [3.05, 3.63) is 17.7 Å². The van der Waals surface area contributed by atoms with Crippen molar-refractivity contribution in [3.63, 3.8) is 0 Å². The number of rotatable bonds is 6. The summed E-state index contributed by atoms with van der Waals surface area (Å²) >= 11 is 0. The maximum absolute atomic E-state index is 10.6. The molecule has 9 nitrogen and oxygen atoms in total. The van der Waals surface area contributed by atoms with Crippen LogP contribution in [-0.2, 0) is 33.0 Å². The van der Waals surface area contributed by atoms with Crippen LogP contribution in [0.15, 0.2) is 12.1 Å². The summed E-state index contributed by atoms with van der Waals surface area (Å²) in [6, 6.07) is 2.37. The Hall–Kier alpha value is -1.53. The number of benzene rings is 1. The first-order valence-corrected chi connectivity index (χ1v) is 7.70. The first-order chi connectivity index (χ1) is 8.81. The first kappa shape index (κ1) is 15.5. The van der Waals surface area contributed by atoms with Gasteiger partial charge >= 0.3 is 0 Å². The van der Waals surface area contributed by atoms with E-state index in [0.717, 1.165) is 6.07 Å². The van der Waals surface area contributed by atoms with Gasteiger partial charge in [-0.2, -0.15) is 25.3 Å². The van der Waals surface area contributed by atoms with Crippen molar-refractivity contribution < 1.29 is 37.8 Å². The second-order valence-electron chi connectivity index (χ2n) is 2.98. The molecule has 0 spiro atoms. The lowest BCUT2D eigenvalue weighted by Gasteiger charge is -2.10. The molecule has 0 N–H and O–H groups in total. The minimum atomic E-state index is -3.43. The molecule has 1 rings (SSSR count). The van der Waals surface area contributed by atoms with Gasteiger partial charge in [0, 0.05) is 0 Å². The molecule has 0 radical (unpaired) electrons. The summed E-state index contributed by atoms with van der Waals surface area (Å²) < 4.78 is 76.2. The van der Waals surface area contributed by atoms with Crippen LogP contribution in [0.4, 0.5) is 0 Å². The Labute approximate surface area is 113 Å². The van der Waals surface area contributed by atoms with E-state index in [4.69, 9.17) is 0 Å². The quantitative estimate of drug-likeness (QED) is 0.545. The Morgan fingerprint density at radius 3 is 1.68 bits per heavy atom. The highest BCUT2D eigenvalue weighted by Gasteiger charge is 2.19. The number of hydrogen-bond acceptors (Lipinski definition) is 9. The predicted molar refractivity (Wildman–Crippen MR) is 64.0 cm³/mol. The topological polar surface area (TPSA) is 130 Å². The molecule has 0 heterocycles. The maximum atomic E-state index is 10.6. The third-order valence-corrected chi connectivity index (χ3v) is 2.79. The highest BCUT2D eigenvalue weighted by molar-refractivity contribution is 7.68. The Morgan fingerprint density at radius 1 is 0.737 bits per heavy atom. The van der Waals surface area contributed by atoms with E-state index in [0.29, 0.717) is 0 Å². The lowest BCUT2D eigenvalue weighted by atomic mass is 10.2. The monoisotopic (exact) mass is 332 g/mol. The maximum Gasteiger partial charge on any atom is 0.299 e. The van der Waals surface area contributed by atoms with E-state index in [1.807, 2.05) is 0 Å². The smallest absolute Gasteiger partial charge is 0.299 e. The van der Waals surface area contributed by atoms with Crippen LogP contribution >= 0.6 is 0 Å². The third-order valence-electron chi connectivity index (χ3n) is 1.78. The Bertz CT molecular complexity index is 674. The van der Waals surface area contributed by atoms with Gasteiger partial charge in [0.25, 0.3) is 33.0 Å². The van der Waals surface area contributed by atoms with Crippen LogP contribution in [0, 0.1) is 6.92 Å². The zero-order chi connectivity index (χ0) is 14.6.